The molecule has 2 heterocycles. The molecule has 0 aromatic heterocycles. The van der Waals surface area contributed by atoms with E-state index in [1.54, 1.807) is 0 Å². The highest BCUT2D eigenvalue weighted by molar-refractivity contribution is 7.89. The number of halogens is 2. The molecule has 2 aromatic carbocycles. The van der Waals surface area contributed by atoms with Crippen LogP contribution in [0.1, 0.15) is 56.1 Å². The molecule has 34 heavy (non-hydrogen) atoms. The first-order valence-electron chi connectivity index (χ1n) is 12.3. The summed E-state index contributed by atoms with van der Waals surface area (Å²) >= 11 is 0. The van der Waals surface area contributed by atoms with Crippen LogP contribution in [0.15, 0.2) is 42.5 Å². The maximum Gasteiger partial charge on any atom is 0.248 e. The van der Waals surface area contributed by atoms with E-state index in [1.807, 2.05) is 24.3 Å². The van der Waals surface area contributed by atoms with Crippen molar-refractivity contribution in [3.63, 3.8) is 0 Å². The highest BCUT2D eigenvalue weighted by Gasteiger charge is 2.43. The Hall–Kier alpha value is -1.99. The van der Waals surface area contributed by atoms with Crippen LogP contribution in [0.3, 0.4) is 0 Å². The van der Waals surface area contributed by atoms with E-state index < -0.39 is 15.8 Å². The van der Waals surface area contributed by atoms with E-state index in [1.165, 1.54) is 11.8 Å². The average Bonchev–Trinajstić information content (AvgIpc) is 2.79. The fraction of sp³-hybridized carbons (Fsp3) is 0.556. The molecular weight excluding hydrogens is 456 g/mol. The Labute approximate surface area is 201 Å². The number of aryl methyl sites for hydroxylation is 1. The van der Waals surface area contributed by atoms with Crippen molar-refractivity contribution in [1.82, 2.24) is 4.90 Å². The van der Waals surface area contributed by atoms with Gasteiger partial charge in [-0.1, -0.05) is 30.3 Å². The lowest BCUT2D eigenvalue weighted by Crippen LogP contribution is -2.53. The monoisotopic (exact) mass is 489 g/mol. The van der Waals surface area contributed by atoms with E-state index in [0.29, 0.717) is 18.9 Å². The molecule has 4 nitrogen and oxygen atoms in total. The number of fused-ring (bicyclic) bond motifs is 1. The Bertz CT molecular complexity index is 1130. The van der Waals surface area contributed by atoms with Crippen LogP contribution in [0.5, 0.6) is 5.75 Å². The number of likely N-dealkylation sites (tertiary alicyclic amines) is 1. The van der Waals surface area contributed by atoms with Gasteiger partial charge in [0.05, 0.1) is 5.75 Å². The number of piperidine rings is 1. The minimum absolute atomic E-state index is 0.0198. The van der Waals surface area contributed by atoms with Crippen LogP contribution in [-0.2, 0) is 22.0 Å². The molecule has 1 saturated heterocycles. The molecule has 7 heteroatoms. The number of alkyl halides is 2. The van der Waals surface area contributed by atoms with Crippen molar-refractivity contribution < 1.29 is 21.9 Å². The smallest absolute Gasteiger partial charge is 0.248 e. The van der Waals surface area contributed by atoms with Crippen LogP contribution in [0, 0.1) is 0 Å². The number of benzene rings is 2. The SMILES string of the molecule is CS(=O)(=O)Cc1ccc(-c2ccc3c(c2)CCC2(CCN(C4CCC(F)(F)CC4)CC2)O3)cc1. The van der Waals surface area contributed by atoms with Gasteiger partial charge in [0, 0.05) is 38.2 Å². The second kappa shape index (κ2) is 8.90. The zero-order valence-corrected chi connectivity index (χ0v) is 20.5. The van der Waals surface area contributed by atoms with Gasteiger partial charge in [-0.25, -0.2) is 17.2 Å². The molecule has 1 aliphatic carbocycles. The Morgan fingerprint density at radius 3 is 2.24 bits per heavy atom. The summed E-state index contributed by atoms with van der Waals surface area (Å²) in [6, 6.07) is 14.3. The maximum atomic E-state index is 13.5. The topological polar surface area (TPSA) is 46.6 Å². The Kier molecular flexibility index (Phi) is 6.22. The van der Waals surface area contributed by atoms with Gasteiger partial charge in [0.15, 0.2) is 9.84 Å². The third kappa shape index (κ3) is 5.30. The lowest BCUT2D eigenvalue weighted by atomic mass is 9.81. The molecule has 2 aromatic rings. The first-order valence-corrected chi connectivity index (χ1v) is 14.4. The van der Waals surface area contributed by atoms with Crippen molar-refractivity contribution in [2.24, 2.45) is 0 Å². The first-order chi connectivity index (χ1) is 16.1. The van der Waals surface area contributed by atoms with E-state index >= 15 is 0 Å². The molecule has 184 valence electrons. The molecule has 0 N–H and O–H groups in total. The lowest BCUT2D eigenvalue weighted by Gasteiger charge is -2.47. The molecule has 0 radical (unpaired) electrons. The van der Waals surface area contributed by atoms with Crippen molar-refractivity contribution in [3.05, 3.63) is 53.6 Å². The summed E-state index contributed by atoms with van der Waals surface area (Å²) in [5.41, 5.74) is 4.03. The number of nitrogens with zero attached hydrogens (tertiary/aromatic N) is 1. The van der Waals surface area contributed by atoms with E-state index in [9.17, 15) is 17.2 Å². The van der Waals surface area contributed by atoms with Crippen molar-refractivity contribution in [1.29, 1.82) is 0 Å². The minimum Gasteiger partial charge on any atom is -0.487 e. The quantitative estimate of drug-likeness (QED) is 0.558. The fourth-order valence-corrected chi connectivity index (χ4v) is 6.63. The number of hydrogen-bond acceptors (Lipinski definition) is 4. The third-order valence-electron chi connectivity index (χ3n) is 7.87. The van der Waals surface area contributed by atoms with Crippen LogP contribution in [0.4, 0.5) is 8.78 Å². The molecular formula is C27H33F2NO3S. The van der Waals surface area contributed by atoms with E-state index in [-0.39, 0.29) is 24.2 Å². The molecule has 3 aliphatic rings. The average molecular weight is 490 g/mol. The summed E-state index contributed by atoms with van der Waals surface area (Å²) in [5, 5.41) is 0. The van der Waals surface area contributed by atoms with E-state index in [0.717, 1.165) is 61.2 Å². The molecule has 0 atom stereocenters. The largest absolute Gasteiger partial charge is 0.487 e. The molecule has 1 spiro atoms. The summed E-state index contributed by atoms with van der Waals surface area (Å²) in [5.74, 6) is -1.46. The summed E-state index contributed by atoms with van der Waals surface area (Å²) in [7, 11) is -3.04. The predicted octanol–water partition coefficient (Wildman–Crippen LogP) is 5.64. The third-order valence-corrected chi connectivity index (χ3v) is 8.72. The van der Waals surface area contributed by atoms with Crippen LogP contribution in [0.25, 0.3) is 11.1 Å². The zero-order valence-electron chi connectivity index (χ0n) is 19.7. The predicted molar refractivity (Wildman–Crippen MR) is 130 cm³/mol. The van der Waals surface area contributed by atoms with Gasteiger partial charge < -0.3 is 9.64 Å². The normalized spacial score (nSPS) is 22.8. The van der Waals surface area contributed by atoms with Gasteiger partial charge >= 0.3 is 0 Å². The molecule has 1 saturated carbocycles. The van der Waals surface area contributed by atoms with Gasteiger partial charge in [0.1, 0.15) is 11.4 Å². The highest BCUT2D eigenvalue weighted by atomic mass is 32.2. The number of sulfone groups is 1. The molecule has 0 amide bonds. The van der Waals surface area contributed by atoms with Crippen LogP contribution in [0.2, 0.25) is 0 Å². The molecule has 0 unspecified atom stereocenters. The van der Waals surface area contributed by atoms with Crippen molar-refractivity contribution >= 4 is 9.84 Å². The fourth-order valence-electron chi connectivity index (χ4n) is 5.84. The van der Waals surface area contributed by atoms with Crippen molar-refractivity contribution in [2.45, 2.75) is 74.7 Å². The summed E-state index contributed by atoms with van der Waals surface area (Å²) in [6.45, 7) is 1.84. The Morgan fingerprint density at radius 2 is 1.59 bits per heavy atom. The van der Waals surface area contributed by atoms with Crippen LogP contribution < -0.4 is 4.74 Å². The second-order valence-electron chi connectivity index (χ2n) is 10.5. The Balaban J connectivity index is 1.22. The van der Waals surface area contributed by atoms with Gasteiger partial charge in [-0.2, -0.15) is 0 Å². The summed E-state index contributed by atoms with van der Waals surface area (Å²) in [6.07, 6.45) is 6.32. The zero-order chi connectivity index (χ0) is 24.0. The van der Waals surface area contributed by atoms with Crippen LogP contribution >= 0.6 is 0 Å². The van der Waals surface area contributed by atoms with Gasteiger partial charge in [0.25, 0.3) is 0 Å². The lowest BCUT2D eigenvalue weighted by molar-refractivity contribution is -0.0703. The standard InChI is InChI=1S/C27H33F2NO3S/c1-34(31,32)19-20-2-4-21(5-3-20)22-6-7-25-23(18-22)8-11-26(33-25)14-16-30(17-15-26)24-9-12-27(28,29)13-10-24/h2-7,18,24H,8-17,19H2,1H3. The maximum absolute atomic E-state index is 13.5. The van der Waals surface area contributed by atoms with Crippen LogP contribution in [-0.4, -0.2) is 50.2 Å². The molecule has 0 bridgehead atoms. The molecule has 2 fully saturated rings. The highest BCUT2D eigenvalue weighted by Crippen LogP contribution is 2.42. The number of hydrogen-bond donors (Lipinski definition) is 0. The van der Waals surface area contributed by atoms with Gasteiger partial charge in [-0.3, -0.25) is 0 Å². The Morgan fingerprint density at radius 1 is 0.941 bits per heavy atom. The number of rotatable bonds is 4. The van der Waals surface area contributed by atoms with Gasteiger partial charge in [-0.05, 0) is 72.9 Å². The van der Waals surface area contributed by atoms with E-state index in [4.69, 9.17) is 4.74 Å². The second-order valence-corrected chi connectivity index (χ2v) is 12.6. The van der Waals surface area contributed by atoms with Gasteiger partial charge in [-0.15, -0.1) is 0 Å². The van der Waals surface area contributed by atoms with E-state index in [2.05, 4.69) is 23.1 Å². The summed E-state index contributed by atoms with van der Waals surface area (Å²) in [4.78, 5) is 2.41. The van der Waals surface area contributed by atoms with Gasteiger partial charge in [0.2, 0.25) is 5.92 Å². The first kappa shape index (κ1) is 23.7. The molecule has 5 rings (SSSR count). The van der Waals surface area contributed by atoms with Crippen molar-refractivity contribution in [3.8, 4) is 16.9 Å². The number of ether oxygens (including phenoxy) is 1. The summed E-state index contributed by atoms with van der Waals surface area (Å²) < 4.78 is 56.7. The molecule has 2 aliphatic heterocycles. The van der Waals surface area contributed by atoms with Crippen molar-refractivity contribution in [2.75, 3.05) is 19.3 Å². The minimum atomic E-state index is -3.04.